The van der Waals surface area contributed by atoms with Gasteiger partial charge in [-0.15, -0.1) is 0 Å². The Labute approximate surface area is 127 Å². The quantitative estimate of drug-likeness (QED) is 0.717. The average molecular weight is 285 g/mol. The molecule has 0 radical (unpaired) electrons. The van der Waals surface area contributed by atoms with Crippen LogP contribution in [0.2, 0.25) is 0 Å². The minimum atomic E-state index is -0.184. The minimum Gasteiger partial charge on any atom is -0.303 e. The summed E-state index contributed by atoms with van der Waals surface area (Å²) in [7, 11) is 0. The van der Waals surface area contributed by atoms with Gasteiger partial charge in [-0.1, -0.05) is 62.2 Å². The molecule has 0 aliphatic heterocycles. The van der Waals surface area contributed by atoms with E-state index in [1.165, 1.54) is 30.5 Å². The maximum atomic E-state index is 13.0. The Morgan fingerprint density at radius 2 is 1.62 bits per heavy atom. The lowest BCUT2D eigenvalue weighted by Crippen LogP contribution is -2.24. The molecule has 0 saturated heterocycles. The van der Waals surface area contributed by atoms with Gasteiger partial charge in [-0.2, -0.15) is 0 Å². The van der Waals surface area contributed by atoms with Crippen molar-refractivity contribution in [2.75, 3.05) is 0 Å². The molecule has 0 saturated carbocycles. The molecule has 1 unspecified atom stereocenters. The van der Waals surface area contributed by atoms with Crippen molar-refractivity contribution in [3.05, 3.63) is 71.5 Å². The first-order chi connectivity index (χ1) is 10.2. The van der Waals surface area contributed by atoms with Crippen LogP contribution in [0.4, 0.5) is 4.39 Å². The second-order valence-electron chi connectivity index (χ2n) is 5.55. The first-order valence-corrected chi connectivity index (χ1v) is 7.77. The fourth-order valence-electron chi connectivity index (χ4n) is 2.59. The second kappa shape index (κ2) is 7.94. The third-order valence-corrected chi connectivity index (χ3v) is 3.87. The fraction of sp³-hybridized carbons (Fsp3) is 0.368. The second-order valence-corrected chi connectivity index (χ2v) is 5.55. The maximum Gasteiger partial charge on any atom is 0.123 e. The molecule has 0 spiro atoms. The van der Waals surface area contributed by atoms with Crippen molar-refractivity contribution < 1.29 is 4.39 Å². The van der Waals surface area contributed by atoms with Crippen molar-refractivity contribution in [2.45, 2.75) is 45.2 Å². The van der Waals surface area contributed by atoms with E-state index < -0.39 is 0 Å². The van der Waals surface area contributed by atoms with Crippen molar-refractivity contribution in [3.8, 4) is 0 Å². The van der Waals surface area contributed by atoms with E-state index in [2.05, 4.69) is 43.4 Å². The highest BCUT2D eigenvalue weighted by Gasteiger charge is 2.14. The van der Waals surface area contributed by atoms with E-state index in [4.69, 9.17) is 0 Å². The van der Waals surface area contributed by atoms with Crippen LogP contribution in [0.5, 0.6) is 0 Å². The zero-order valence-electron chi connectivity index (χ0n) is 12.9. The summed E-state index contributed by atoms with van der Waals surface area (Å²) in [5, 5.41) is 3.68. The van der Waals surface area contributed by atoms with E-state index >= 15 is 0 Å². The van der Waals surface area contributed by atoms with Gasteiger partial charge in [0.25, 0.3) is 0 Å². The van der Waals surface area contributed by atoms with Gasteiger partial charge in [0.05, 0.1) is 0 Å². The van der Waals surface area contributed by atoms with Crippen LogP contribution in [0.15, 0.2) is 54.6 Å². The number of unbranched alkanes of at least 4 members (excludes halogenated alkanes) is 1. The van der Waals surface area contributed by atoms with E-state index in [-0.39, 0.29) is 11.9 Å². The smallest absolute Gasteiger partial charge is 0.123 e. The Kier molecular flexibility index (Phi) is 5.94. The van der Waals surface area contributed by atoms with Crippen LogP contribution < -0.4 is 5.32 Å². The van der Waals surface area contributed by atoms with Gasteiger partial charge in [-0.05, 0) is 36.6 Å². The van der Waals surface area contributed by atoms with Gasteiger partial charge in [0.2, 0.25) is 0 Å². The molecule has 0 aliphatic rings. The normalized spacial score (nSPS) is 13.9. The summed E-state index contributed by atoms with van der Waals surface area (Å²) in [6, 6.07) is 17.9. The molecule has 1 N–H and O–H groups in total. The standard InChI is InChI=1S/C19H24FN/c1-3-4-10-19(17-8-6-5-7-9-17)21-15(2)16-11-13-18(20)14-12-16/h5-9,11-15,19,21H,3-4,10H2,1-2H3/t15-,19?/m0/s1. The molecular formula is C19H24FN. The molecule has 0 aromatic heterocycles. The van der Waals surface area contributed by atoms with Gasteiger partial charge >= 0.3 is 0 Å². The summed E-state index contributed by atoms with van der Waals surface area (Å²) in [5.41, 5.74) is 2.44. The van der Waals surface area contributed by atoms with Gasteiger partial charge in [0, 0.05) is 12.1 Å². The first kappa shape index (κ1) is 15.7. The number of hydrogen-bond acceptors (Lipinski definition) is 1. The Balaban J connectivity index is 2.09. The number of nitrogens with one attached hydrogen (secondary N) is 1. The number of hydrogen-bond donors (Lipinski definition) is 1. The number of benzene rings is 2. The summed E-state index contributed by atoms with van der Waals surface area (Å²) in [6.45, 7) is 4.35. The van der Waals surface area contributed by atoms with Gasteiger partial charge in [0.15, 0.2) is 0 Å². The summed E-state index contributed by atoms with van der Waals surface area (Å²) in [4.78, 5) is 0. The highest BCUT2D eigenvalue weighted by Crippen LogP contribution is 2.24. The van der Waals surface area contributed by atoms with E-state index in [0.717, 1.165) is 12.0 Å². The largest absolute Gasteiger partial charge is 0.303 e. The Morgan fingerprint density at radius 3 is 2.24 bits per heavy atom. The van der Waals surface area contributed by atoms with E-state index in [1.807, 2.05) is 18.2 Å². The van der Waals surface area contributed by atoms with Crippen LogP contribution >= 0.6 is 0 Å². The molecule has 2 rings (SSSR count). The Bertz CT molecular complexity index is 521. The summed E-state index contributed by atoms with van der Waals surface area (Å²) < 4.78 is 13.0. The summed E-state index contributed by atoms with van der Waals surface area (Å²) >= 11 is 0. The average Bonchev–Trinajstić information content (AvgIpc) is 2.52. The summed E-state index contributed by atoms with van der Waals surface area (Å²) in [6.07, 6.45) is 3.50. The molecule has 0 aliphatic carbocycles. The van der Waals surface area contributed by atoms with Crippen LogP contribution in [0.25, 0.3) is 0 Å². The van der Waals surface area contributed by atoms with Crippen LogP contribution in [0.1, 0.15) is 56.3 Å². The van der Waals surface area contributed by atoms with Crippen LogP contribution in [-0.4, -0.2) is 0 Å². The molecule has 2 atom stereocenters. The molecule has 1 nitrogen and oxygen atoms in total. The third-order valence-electron chi connectivity index (χ3n) is 3.87. The molecule has 0 fully saturated rings. The monoisotopic (exact) mass is 285 g/mol. The molecule has 2 aromatic carbocycles. The SMILES string of the molecule is CCCCC(N[C@@H](C)c1ccc(F)cc1)c1ccccc1. The molecular weight excluding hydrogens is 261 g/mol. The van der Waals surface area contributed by atoms with Gasteiger partial charge in [-0.3, -0.25) is 0 Å². The van der Waals surface area contributed by atoms with Crippen LogP contribution in [0, 0.1) is 5.82 Å². The lowest BCUT2D eigenvalue weighted by molar-refractivity contribution is 0.431. The van der Waals surface area contributed by atoms with E-state index in [0.29, 0.717) is 6.04 Å². The van der Waals surface area contributed by atoms with Gasteiger partial charge < -0.3 is 5.32 Å². The third kappa shape index (κ3) is 4.68. The van der Waals surface area contributed by atoms with Gasteiger partial charge in [-0.25, -0.2) is 4.39 Å². The zero-order chi connectivity index (χ0) is 15.1. The number of rotatable bonds is 7. The van der Waals surface area contributed by atoms with Crippen molar-refractivity contribution in [1.82, 2.24) is 5.32 Å². The highest BCUT2D eigenvalue weighted by atomic mass is 19.1. The molecule has 0 bridgehead atoms. The highest BCUT2D eigenvalue weighted by molar-refractivity contribution is 5.22. The first-order valence-electron chi connectivity index (χ1n) is 7.77. The molecule has 2 heteroatoms. The molecule has 112 valence electrons. The Hall–Kier alpha value is -1.67. The van der Waals surface area contributed by atoms with Crippen LogP contribution in [-0.2, 0) is 0 Å². The topological polar surface area (TPSA) is 12.0 Å². The minimum absolute atomic E-state index is 0.184. The molecule has 21 heavy (non-hydrogen) atoms. The predicted molar refractivity (Wildman–Crippen MR) is 86.7 cm³/mol. The maximum absolute atomic E-state index is 13.0. The molecule has 0 amide bonds. The van der Waals surface area contributed by atoms with Crippen molar-refractivity contribution in [3.63, 3.8) is 0 Å². The zero-order valence-corrected chi connectivity index (χ0v) is 12.9. The number of halogens is 1. The molecule has 2 aromatic rings. The van der Waals surface area contributed by atoms with Crippen molar-refractivity contribution >= 4 is 0 Å². The van der Waals surface area contributed by atoms with E-state index in [9.17, 15) is 4.39 Å². The van der Waals surface area contributed by atoms with E-state index in [1.54, 1.807) is 0 Å². The van der Waals surface area contributed by atoms with Crippen molar-refractivity contribution in [1.29, 1.82) is 0 Å². The van der Waals surface area contributed by atoms with Gasteiger partial charge in [0.1, 0.15) is 5.82 Å². The Morgan fingerprint density at radius 1 is 0.952 bits per heavy atom. The lowest BCUT2D eigenvalue weighted by atomic mass is 9.99. The lowest BCUT2D eigenvalue weighted by Gasteiger charge is -2.24. The summed E-state index contributed by atoms with van der Waals surface area (Å²) in [5.74, 6) is -0.184. The molecule has 0 heterocycles. The van der Waals surface area contributed by atoms with Crippen LogP contribution in [0.3, 0.4) is 0 Å². The predicted octanol–water partition coefficient (Wildman–Crippen LogP) is 5.41. The van der Waals surface area contributed by atoms with Crippen molar-refractivity contribution in [2.24, 2.45) is 0 Å². The fourth-order valence-corrected chi connectivity index (χ4v) is 2.59.